The predicted octanol–water partition coefficient (Wildman–Crippen LogP) is 2.22. The van der Waals surface area contributed by atoms with Crippen molar-refractivity contribution >= 4 is 28.1 Å². The summed E-state index contributed by atoms with van der Waals surface area (Å²) >= 11 is 2.99. The van der Waals surface area contributed by atoms with Crippen molar-refractivity contribution in [3.05, 3.63) is 40.0 Å². The van der Waals surface area contributed by atoms with E-state index in [0.717, 1.165) is 15.8 Å². The first kappa shape index (κ1) is 13.3. The smallest absolute Gasteiger partial charge is 0.258 e. The van der Waals surface area contributed by atoms with Gasteiger partial charge in [-0.05, 0) is 13.8 Å². The average Bonchev–Trinajstić information content (AvgIpc) is 3.04. The maximum atomic E-state index is 11.9. The number of rotatable bonds is 4. The molecule has 0 aliphatic rings. The van der Waals surface area contributed by atoms with Crippen molar-refractivity contribution in [1.29, 1.82) is 0 Å². The summed E-state index contributed by atoms with van der Waals surface area (Å²) in [7, 11) is 0. The molecule has 6 nitrogen and oxygen atoms in total. The van der Waals surface area contributed by atoms with Gasteiger partial charge in [0.1, 0.15) is 6.33 Å². The molecule has 0 fully saturated rings. The Labute approximate surface area is 123 Å². The topological polar surface area (TPSA) is 65.1 Å². The van der Waals surface area contributed by atoms with Crippen LogP contribution in [-0.2, 0) is 5.75 Å². The van der Waals surface area contributed by atoms with Gasteiger partial charge < -0.3 is 4.57 Å². The zero-order valence-corrected chi connectivity index (χ0v) is 12.7. The third-order valence-corrected chi connectivity index (χ3v) is 4.55. The number of nitrogens with zero attached hydrogens (tertiary/aromatic N) is 5. The molecule has 3 aromatic rings. The molecular formula is C12H13N5OS2. The molecule has 0 aromatic carbocycles. The van der Waals surface area contributed by atoms with E-state index in [4.69, 9.17) is 0 Å². The van der Waals surface area contributed by atoms with Crippen LogP contribution in [0.3, 0.4) is 0 Å². The highest BCUT2D eigenvalue weighted by molar-refractivity contribution is 7.98. The molecule has 3 aromatic heterocycles. The van der Waals surface area contributed by atoms with Crippen molar-refractivity contribution in [3.63, 3.8) is 0 Å². The van der Waals surface area contributed by atoms with Gasteiger partial charge in [0.2, 0.25) is 0 Å². The molecule has 3 heterocycles. The van der Waals surface area contributed by atoms with E-state index in [1.165, 1.54) is 23.1 Å². The largest absolute Gasteiger partial charge is 0.306 e. The van der Waals surface area contributed by atoms with Gasteiger partial charge in [-0.25, -0.2) is 4.98 Å². The zero-order valence-electron chi connectivity index (χ0n) is 11.1. The lowest BCUT2D eigenvalue weighted by Gasteiger charge is -2.08. The van der Waals surface area contributed by atoms with E-state index < -0.39 is 0 Å². The number of fused-ring (bicyclic) bond motifs is 1. The Kier molecular flexibility index (Phi) is 3.58. The SMILES string of the molecule is CC(C)n1cnnc1SCc1cc(=O)n2ccsc2n1. The van der Waals surface area contributed by atoms with Crippen LogP contribution in [0.5, 0.6) is 0 Å². The Morgan fingerprint density at radius 2 is 2.30 bits per heavy atom. The molecule has 0 atom stereocenters. The normalized spacial score (nSPS) is 11.6. The van der Waals surface area contributed by atoms with Crippen LogP contribution in [0.4, 0.5) is 0 Å². The average molecular weight is 307 g/mol. The summed E-state index contributed by atoms with van der Waals surface area (Å²) < 4.78 is 3.55. The number of hydrogen-bond acceptors (Lipinski definition) is 6. The molecule has 0 aliphatic heterocycles. The summed E-state index contributed by atoms with van der Waals surface area (Å²) in [5.41, 5.74) is 0.720. The van der Waals surface area contributed by atoms with Crippen molar-refractivity contribution < 1.29 is 0 Å². The highest BCUT2D eigenvalue weighted by Crippen LogP contribution is 2.22. The second kappa shape index (κ2) is 5.37. The van der Waals surface area contributed by atoms with Gasteiger partial charge in [0.05, 0.1) is 5.69 Å². The van der Waals surface area contributed by atoms with Gasteiger partial charge in [0.15, 0.2) is 10.1 Å². The number of thioether (sulfide) groups is 1. The fourth-order valence-corrected chi connectivity index (χ4v) is 3.47. The Bertz CT molecular complexity index is 788. The molecule has 3 rings (SSSR count). The van der Waals surface area contributed by atoms with Crippen molar-refractivity contribution in [3.8, 4) is 0 Å². The first-order valence-corrected chi connectivity index (χ1v) is 8.00. The van der Waals surface area contributed by atoms with Crippen molar-refractivity contribution in [2.75, 3.05) is 0 Å². The lowest BCUT2D eigenvalue weighted by atomic mass is 10.4. The lowest BCUT2D eigenvalue weighted by molar-refractivity contribution is 0.549. The molecule has 104 valence electrons. The zero-order chi connectivity index (χ0) is 14.1. The van der Waals surface area contributed by atoms with Gasteiger partial charge in [0.25, 0.3) is 5.56 Å². The Hall–Kier alpha value is -1.67. The first-order valence-electron chi connectivity index (χ1n) is 6.13. The standard InChI is InChI=1S/C12H13N5OS2/c1-8(2)17-7-13-15-12(17)20-6-9-5-10(18)16-3-4-19-11(16)14-9/h3-5,7-8H,6H2,1-2H3. The minimum Gasteiger partial charge on any atom is -0.306 e. The van der Waals surface area contributed by atoms with Crippen molar-refractivity contribution in [2.24, 2.45) is 0 Å². The van der Waals surface area contributed by atoms with Crippen molar-refractivity contribution in [2.45, 2.75) is 30.8 Å². The second-order valence-electron chi connectivity index (χ2n) is 4.54. The molecule has 0 bridgehead atoms. The van der Waals surface area contributed by atoms with Crippen LogP contribution in [0.25, 0.3) is 4.96 Å². The van der Waals surface area contributed by atoms with E-state index in [1.807, 2.05) is 9.95 Å². The third-order valence-electron chi connectivity index (χ3n) is 2.80. The van der Waals surface area contributed by atoms with E-state index in [2.05, 4.69) is 29.0 Å². The van der Waals surface area contributed by atoms with Gasteiger partial charge in [0, 0.05) is 29.4 Å². The van der Waals surface area contributed by atoms with Gasteiger partial charge in [-0.15, -0.1) is 21.5 Å². The molecule has 0 amide bonds. The molecule has 20 heavy (non-hydrogen) atoms. The van der Waals surface area contributed by atoms with Gasteiger partial charge in [-0.2, -0.15) is 0 Å². The molecule has 0 spiro atoms. The van der Waals surface area contributed by atoms with Crippen LogP contribution in [-0.4, -0.2) is 24.1 Å². The predicted molar refractivity (Wildman–Crippen MR) is 79.3 cm³/mol. The van der Waals surface area contributed by atoms with Crippen LogP contribution < -0.4 is 5.56 Å². The molecule has 0 N–H and O–H groups in total. The third kappa shape index (κ3) is 2.48. The summed E-state index contributed by atoms with van der Waals surface area (Å²) in [6, 6.07) is 1.88. The summed E-state index contributed by atoms with van der Waals surface area (Å²) in [4.78, 5) is 17.1. The van der Waals surface area contributed by atoms with Crippen LogP contribution in [0.2, 0.25) is 0 Å². The Morgan fingerprint density at radius 1 is 1.45 bits per heavy atom. The summed E-state index contributed by atoms with van der Waals surface area (Å²) in [5.74, 6) is 0.606. The molecule has 0 saturated carbocycles. The quantitative estimate of drug-likeness (QED) is 0.692. The fourth-order valence-electron chi connectivity index (χ4n) is 1.79. The second-order valence-corrected chi connectivity index (χ2v) is 6.36. The van der Waals surface area contributed by atoms with E-state index in [1.54, 1.807) is 23.0 Å². The van der Waals surface area contributed by atoms with Crippen LogP contribution >= 0.6 is 23.1 Å². The minimum atomic E-state index is -0.0443. The molecule has 0 saturated heterocycles. The van der Waals surface area contributed by atoms with E-state index >= 15 is 0 Å². The Morgan fingerprint density at radius 3 is 3.10 bits per heavy atom. The van der Waals surface area contributed by atoms with E-state index in [-0.39, 0.29) is 5.56 Å². The number of aromatic nitrogens is 5. The summed E-state index contributed by atoms with van der Waals surface area (Å²) in [6.07, 6.45) is 3.46. The van der Waals surface area contributed by atoms with Gasteiger partial charge in [-0.3, -0.25) is 9.20 Å². The number of thiazole rings is 1. The highest BCUT2D eigenvalue weighted by Gasteiger charge is 2.10. The van der Waals surface area contributed by atoms with Gasteiger partial charge in [-0.1, -0.05) is 11.8 Å². The van der Waals surface area contributed by atoms with Crippen LogP contribution in [0, 0.1) is 0 Å². The van der Waals surface area contributed by atoms with Crippen LogP contribution in [0.15, 0.2) is 33.9 Å². The fraction of sp³-hybridized carbons (Fsp3) is 0.333. The first-order chi connectivity index (χ1) is 9.65. The van der Waals surface area contributed by atoms with Gasteiger partial charge >= 0.3 is 0 Å². The summed E-state index contributed by atoms with van der Waals surface area (Å²) in [5, 5.41) is 10.7. The molecule has 0 aliphatic carbocycles. The van der Waals surface area contributed by atoms with E-state index in [9.17, 15) is 4.79 Å². The lowest BCUT2D eigenvalue weighted by Crippen LogP contribution is -2.12. The molecular weight excluding hydrogens is 294 g/mol. The highest BCUT2D eigenvalue weighted by atomic mass is 32.2. The monoisotopic (exact) mass is 307 g/mol. The molecule has 0 radical (unpaired) electrons. The minimum absolute atomic E-state index is 0.0443. The maximum absolute atomic E-state index is 11.9. The molecule has 8 heteroatoms. The summed E-state index contributed by atoms with van der Waals surface area (Å²) in [6.45, 7) is 4.16. The Balaban J connectivity index is 1.83. The molecule has 0 unspecified atom stereocenters. The maximum Gasteiger partial charge on any atom is 0.258 e. The van der Waals surface area contributed by atoms with Crippen LogP contribution in [0.1, 0.15) is 25.6 Å². The van der Waals surface area contributed by atoms with Crippen molar-refractivity contribution in [1.82, 2.24) is 24.1 Å². The van der Waals surface area contributed by atoms with E-state index in [0.29, 0.717) is 11.8 Å². The number of hydrogen-bond donors (Lipinski definition) is 0.